The van der Waals surface area contributed by atoms with Crippen LogP contribution in [0, 0.1) is 0 Å². The van der Waals surface area contributed by atoms with Crippen LogP contribution in [0.2, 0.25) is 0 Å². The van der Waals surface area contributed by atoms with Gasteiger partial charge in [-0.25, -0.2) is 4.39 Å². The number of carbonyl (C=O) groups is 1. The number of fused-ring (bicyclic) bond motifs is 1. The molecule has 0 bridgehead atoms. The number of hydrogen-bond acceptors (Lipinski definition) is 3. The molecule has 0 spiro atoms. The number of rotatable bonds is 4. The third-order valence-corrected chi connectivity index (χ3v) is 5.55. The summed E-state index contributed by atoms with van der Waals surface area (Å²) in [6, 6.07) is 7.56. The second-order valence-corrected chi connectivity index (χ2v) is 7.59. The third-order valence-electron chi connectivity index (χ3n) is 5.55. The Balaban J connectivity index is 2.01. The highest BCUT2D eigenvalue weighted by Gasteiger charge is 2.65. The molecular formula is C21H16F6N4O. The molecule has 168 valence electrons. The lowest BCUT2D eigenvalue weighted by molar-refractivity contribution is -0.158. The molecule has 2 heterocycles. The number of nitrogens with zero attached hydrogens (tertiary/aromatic N) is 4. The van der Waals surface area contributed by atoms with Crippen molar-refractivity contribution >= 4 is 11.6 Å². The predicted octanol–water partition coefficient (Wildman–Crippen LogP) is 5.06. The van der Waals surface area contributed by atoms with Gasteiger partial charge < -0.3 is 4.57 Å². The van der Waals surface area contributed by atoms with E-state index in [9.17, 15) is 18.0 Å². The van der Waals surface area contributed by atoms with Crippen molar-refractivity contribution in [3.63, 3.8) is 0 Å². The van der Waals surface area contributed by atoms with Crippen molar-refractivity contribution in [3.8, 4) is 0 Å². The highest BCUT2D eigenvalue weighted by atomic mass is 19.4. The summed E-state index contributed by atoms with van der Waals surface area (Å²) >= 11 is 0. The van der Waals surface area contributed by atoms with E-state index >= 15 is 13.2 Å². The maximum absolute atomic E-state index is 16.3. The number of alkyl halides is 6. The first-order valence-electron chi connectivity index (χ1n) is 9.39. The van der Waals surface area contributed by atoms with Crippen LogP contribution in [0.1, 0.15) is 40.3 Å². The van der Waals surface area contributed by atoms with Crippen molar-refractivity contribution < 1.29 is 31.1 Å². The third kappa shape index (κ3) is 3.06. The van der Waals surface area contributed by atoms with E-state index in [2.05, 4.69) is 10.2 Å². The van der Waals surface area contributed by atoms with Gasteiger partial charge in [-0.15, -0.1) is 10.2 Å². The topological polar surface area (TPSA) is 51.0 Å². The second-order valence-electron chi connectivity index (χ2n) is 7.59. The normalized spacial score (nSPS) is 18.6. The van der Waals surface area contributed by atoms with Gasteiger partial charge in [-0.3, -0.25) is 9.69 Å². The Morgan fingerprint density at radius 3 is 2.16 bits per heavy atom. The minimum absolute atomic E-state index is 0.0236. The molecule has 3 aromatic rings. The number of hydrogen-bond donors (Lipinski definition) is 0. The number of aryl methyl sites for hydroxylation is 1. The van der Waals surface area contributed by atoms with Crippen LogP contribution in [0.25, 0.3) is 0 Å². The van der Waals surface area contributed by atoms with E-state index in [1.165, 1.54) is 24.3 Å². The Morgan fingerprint density at radius 2 is 1.59 bits per heavy atom. The summed E-state index contributed by atoms with van der Waals surface area (Å²) in [6.07, 6.45) is -4.09. The van der Waals surface area contributed by atoms with Gasteiger partial charge in [-0.05, 0) is 31.2 Å². The minimum Gasteiger partial charge on any atom is -0.316 e. The molecule has 0 saturated carbocycles. The molecule has 32 heavy (non-hydrogen) atoms. The van der Waals surface area contributed by atoms with Gasteiger partial charge in [0, 0.05) is 23.9 Å². The molecule has 1 amide bonds. The van der Waals surface area contributed by atoms with Gasteiger partial charge in [0.05, 0.1) is 5.56 Å². The zero-order valence-electron chi connectivity index (χ0n) is 16.7. The summed E-state index contributed by atoms with van der Waals surface area (Å²) < 4.78 is 89.5. The summed E-state index contributed by atoms with van der Waals surface area (Å²) in [5, 5.41) is 6.59. The van der Waals surface area contributed by atoms with Crippen LogP contribution in [0.15, 0.2) is 54.9 Å². The average molecular weight is 454 g/mol. The van der Waals surface area contributed by atoms with Crippen LogP contribution < -0.4 is 4.90 Å². The van der Waals surface area contributed by atoms with Crippen LogP contribution in [-0.4, -0.2) is 26.3 Å². The first-order valence-corrected chi connectivity index (χ1v) is 9.39. The summed E-state index contributed by atoms with van der Waals surface area (Å²) in [5.74, 6) is -6.50. The molecule has 1 unspecified atom stereocenters. The van der Waals surface area contributed by atoms with Crippen LogP contribution in [0.4, 0.5) is 32.0 Å². The molecule has 1 aliphatic heterocycles. The molecule has 0 fully saturated rings. The monoisotopic (exact) mass is 454 g/mol. The minimum atomic E-state index is -5.01. The Kier molecular flexibility index (Phi) is 4.83. The quantitative estimate of drug-likeness (QED) is 0.518. The lowest BCUT2D eigenvalue weighted by Gasteiger charge is -2.39. The van der Waals surface area contributed by atoms with Gasteiger partial charge >= 0.3 is 12.1 Å². The zero-order valence-corrected chi connectivity index (χ0v) is 16.7. The second kappa shape index (κ2) is 7.07. The van der Waals surface area contributed by atoms with Crippen molar-refractivity contribution in [1.29, 1.82) is 0 Å². The van der Waals surface area contributed by atoms with E-state index in [0.717, 1.165) is 30.1 Å². The lowest BCUT2D eigenvalue weighted by atomic mass is 9.83. The Hall–Kier alpha value is -3.37. The highest BCUT2D eigenvalue weighted by molar-refractivity contribution is 6.11. The molecule has 1 aliphatic rings. The SMILES string of the molecule is Cn1cnnc1C(F)(F)C(C)(F)[C@H]1c2c(cccc2C(F)(F)F)C(=O)N1c1ccccc1. The molecule has 5 nitrogen and oxygen atoms in total. The summed E-state index contributed by atoms with van der Waals surface area (Å²) in [5.41, 5.74) is -6.42. The highest BCUT2D eigenvalue weighted by Crippen LogP contribution is 2.56. The molecule has 11 heteroatoms. The number of aromatic nitrogens is 3. The molecule has 0 aliphatic carbocycles. The summed E-state index contributed by atoms with van der Waals surface area (Å²) in [6.45, 7) is 0.470. The van der Waals surface area contributed by atoms with E-state index in [4.69, 9.17) is 0 Å². The fourth-order valence-corrected chi connectivity index (χ4v) is 4.00. The predicted molar refractivity (Wildman–Crippen MR) is 102 cm³/mol. The molecule has 1 aromatic heterocycles. The first-order chi connectivity index (χ1) is 14.9. The number of amides is 1. The van der Waals surface area contributed by atoms with Crippen molar-refractivity contribution in [2.75, 3.05) is 4.90 Å². The molecule has 0 saturated heterocycles. The zero-order chi connectivity index (χ0) is 23.5. The molecule has 2 aromatic carbocycles. The van der Waals surface area contributed by atoms with Crippen LogP contribution >= 0.6 is 0 Å². The fourth-order valence-electron chi connectivity index (χ4n) is 4.00. The Morgan fingerprint density at radius 1 is 0.938 bits per heavy atom. The maximum atomic E-state index is 16.3. The van der Waals surface area contributed by atoms with Crippen molar-refractivity contribution in [1.82, 2.24) is 14.8 Å². The maximum Gasteiger partial charge on any atom is 0.416 e. The van der Waals surface area contributed by atoms with Crippen LogP contribution in [0.5, 0.6) is 0 Å². The lowest BCUT2D eigenvalue weighted by Crippen LogP contribution is -2.51. The van der Waals surface area contributed by atoms with E-state index in [1.807, 2.05) is 0 Å². The van der Waals surface area contributed by atoms with Gasteiger partial charge in [-0.2, -0.15) is 22.0 Å². The smallest absolute Gasteiger partial charge is 0.316 e. The van der Waals surface area contributed by atoms with Crippen molar-refractivity contribution in [3.05, 3.63) is 77.4 Å². The van der Waals surface area contributed by atoms with Gasteiger partial charge in [0.2, 0.25) is 11.5 Å². The van der Waals surface area contributed by atoms with Crippen LogP contribution in [-0.2, 0) is 19.1 Å². The molecule has 2 atom stereocenters. The number of benzene rings is 2. The van der Waals surface area contributed by atoms with E-state index in [0.29, 0.717) is 17.9 Å². The van der Waals surface area contributed by atoms with Gasteiger partial charge in [-0.1, -0.05) is 24.3 Å². The number of halogens is 6. The number of para-hydroxylation sites is 1. The molecule has 0 N–H and O–H groups in total. The Labute approximate surface area is 178 Å². The van der Waals surface area contributed by atoms with E-state index in [1.54, 1.807) is 6.07 Å². The van der Waals surface area contributed by atoms with Gasteiger partial charge in [0.25, 0.3) is 5.91 Å². The van der Waals surface area contributed by atoms with Crippen molar-refractivity contribution in [2.24, 2.45) is 7.05 Å². The molecular weight excluding hydrogens is 438 g/mol. The van der Waals surface area contributed by atoms with E-state index in [-0.39, 0.29) is 5.69 Å². The standard InChI is InChI=1S/C21H16F6N4O/c1-19(22,20(23,24)18-29-28-11-30(18)2)16-15-13(9-6-10-14(15)21(25,26)27)17(32)31(16)12-7-4-3-5-8-12/h3-11,16H,1-2H3/t16-,19?/m1/s1. The average Bonchev–Trinajstić information content (AvgIpc) is 3.29. The first kappa shape index (κ1) is 21.8. The molecule has 4 rings (SSSR count). The fraction of sp³-hybridized carbons (Fsp3) is 0.286. The largest absolute Gasteiger partial charge is 0.416 e. The van der Waals surface area contributed by atoms with Gasteiger partial charge in [0.15, 0.2) is 0 Å². The molecule has 0 radical (unpaired) electrons. The summed E-state index contributed by atoms with van der Waals surface area (Å²) in [7, 11) is 1.16. The Bertz CT molecular complexity index is 1170. The van der Waals surface area contributed by atoms with Gasteiger partial charge in [0.1, 0.15) is 12.4 Å². The van der Waals surface area contributed by atoms with Crippen LogP contribution in [0.3, 0.4) is 0 Å². The van der Waals surface area contributed by atoms with E-state index < -0.39 is 52.2 Å². The number of carbonyl (C=O) groups excluding carboxylic acids is 1. The number of anilines is 1. The van der Waals surface area contributed by atoms with Crippen molar-refractivity contribution in [2.45, 2.75) is 30.7 Å². The summed E-state index contributed by atoms with van der Waals surface area (Å²) in [4.78, 5) is 13.8.